The van der Waals surface area contributed by atoms with Gasteiger partial charge in [-0.15, -0.1) is 0 Å². The van der Waals surface area contributed by atoms with Crippen LogP contribution in [0.2, 0.25) is 0 Å². The zero-order valence-corrected chi connectivity index (χ0v) is 12.0. The predicted octanol–water partition coefficient (Wildman–Crippen LogP) is 3.39. The molecule has 0 aliphatic heterocycles. The summed E-state index contributed by atoms with van der Waals surface area (Å²) in [4.78, 5) is 11.2. The fourth-order valence-electron chi connectivity index (χ4n) is 1.54. The summed E-state index contributed by atoms with van der Waals surface area (Å²) in [5.74, 6) is -0.631. The fraction of sp³-hybridized carbons (Fsp3) is 0.417. The monoisotopic (exact) mass is 338 g/mol. The largest absolute Gasteiger partial charge is 0.416 e. The quantitative estimate of drug-likeness (QED) is 0.884. The molecule has 7 heteroatoms. The van der Waals surface area contributed by atoms with Gasteiger partial charge in [-0.05, 0) is 40.0 Å². The van der Waals surface area contributed by atoms with Crippen molar-refractivity contribution >= 4 is 27.5 Å². The van der Waals surface area contributed by atoms with Crippen LogP contribution in [0.5, 0.6) is 0 Å². The van der Waals surface area contributed by atoms with E-state index in [9.17, 15) is 18.0 Å². The minimum absolute atomic E-state index is 0.0771. The van der Waals surface area contributed by atoms with E-state index in [0.717, 1.165) is 12.1 Å². The van der Waals surface area contributed by atoms with E-state index in [2.05, 4.69) is 21.2 Å². The van der Waals surface area contributed by atoms with Crippen molar-refractivity contribution in [3.8, 4) is 0 Å². The van der Waals surface area contributed by atoms with Crippen molar-refractivity contribution in [2.75, 3.05) is 5.32 Å². The summed E-state index contributed by atoms with van der Waals surface area (Å²) in [7, 11) is 0. The number of amides is 1. The standard InChI is InChI=1S/C12H14BrF3N2O/c1-6(2)10(11(17)19)18-9-4-3-7(5-8(9)13)12(14,15)16/h3-6,10,18H,1-2H3,(H2,17,19). The van der Waals surface area contributed by atoms with E-state index >= 15 is 0 Å². The van der Waals surface area contributed by atoms with Crippen LogP contribution in [0.1, 0.15) is 19.4 Å². The number of alkyl halides is 3. The Morgan fingerprint density at radius 2 is 1.95 bits per heavy atom. The summed E-state index contributed by atoms with van der Waals surface area (Å²) < 4.78 is 37.7. The maximum Gasteiger partial charge on any atom is 0.416 e. The summed E-state index contributed by atoms with van der Waals surface area (Å²) >= 11 is 3.05. The van der Waals surface area contributed by atoms with E-state index in [0.29, 0.717) is 5.69 Å². The van der Waals surface area contributed by atoms with E-state index in [1.807, 2.05) is 0 Å². The summed E-state index contributed by atoms with van der Waals surface area (Å²) in [6.07, 6.45) is -4.40. The molecule has 1 rings (SSSR count). The highest BCUT2D eigenvalue weighted by Crippen LogP contribution is 2.34. The van der Waals surface area contributed by atoms with Crippen molar-refractivity contribution in [2.24, 2.45) is 11.7 Å². The second-order valence-corrected chi connectivity index (χ2v) is 5.32. The number of nitrogens with two attached hydrogens (primary N) is 1. The molecule has 1 amide bonds. The Morgan fingerprint density at radius 3 is 2.32 bits per heavy atom. The number of primary amides is 1. The first-order valence-electron chi connectivity index (χ1n) is 5.55. The van der Waals surface area contributed by atoms with Crippen molar-refractivity contribution in [3.63, 3.8) is 0 Å². The van der Waals surface area contributed by atoms with Crippen LogP contribution in [0.3, 0.4) is 0 Å². The van der Waals surface area contributed by atoms with Crippen molar-refractivity contribution in [2.45, 2.75) is 26.1 Å². The molecule has 3 nitrogen and oxygen atoms in total. The SMILES string of the molecule is CC(C)C(Nc1ccc(C(F)(F)F)cc1Br)C(N)=O. The first-order chi connectivity index (χ1) is 8.62. The molecule has 0 bridgehead atoms. The molecule has 1 atom stereocenters. The molecule has 0 aliphatic carbocycles. The van der Waals surface area contributed by atoms with Crippen molar-refractivity contribution < 1.29 is 18.0 Å². The molecule has 1 aromatic rings. The molecule has 106 valence electrons. The number of halogens is 4. The predicted molar refractivity (Wildman–Crippen MR) is 70.6 cm³/mol. The molecule has 0 saturated carbocycles. The number of hydrogen-bond donors (Lipinski definition) is 2. The van der Waals surface area contributed by atoms with Crippen LogP contribution in [0.25, 0.3) is 0 Å². The van der Waals surface area contributed by atoms with Gasteiger partial charge in [0.2, 0.25) is 5.91 Å². The Morgan fingerprint density at radius 1 is 1.37 bits per heavy atom. The Kier molecular flexibility index (Phi) is 4.84. The van der Waals surface area contributed by atoms with Gasteiger partial charge in [0.1, 0.15) is 6.04 Å². The highest BCUT2D eigenvalue weighted by Gasteiger charge is 2.31. The summed E-state index contributed by atoms with van der Waals surface area (Å²) in [5.41, 5.74) is 4.87. The molecule has 0 radical (unpaired) electrons. The topological polar surface area (TPSA) is 55.1 Å². The van der Waals surface area contributed by atoms with Gasteiger partial charge in [0, 0.05) is 10.2 Å². The highest BCUT2D eigenvalue weighted by atomic mass is 79.9. The lowest BCUT2D eigenvalue weighted by atomic mass is 10.0. The molecule has 1 aromatic carbocycles. The number of rotatable bonds is 4. The molecule has 0 fully saturated rings. The molecule has 0 aromatic heterocycles. The van der Waals surface area contributed by atoms with Crippen LogP contribution in [0.4, 0.5) is 18.9 Å². The third-order valence-corrected chi connectivity index (χ3v) is 3.24. The second kappa shape index (κ2) is 5.81. The van der Waals surface area contributed by atoms with E-state index in [-0.39, 0.29) is 10.4 Å². The van der Waals surface area contributed by atoms with E-state index < -0.39 is 23.7 Å². The average molecular weight is 339 g/mol. The molecule has 1 unspecified atom stereocenters. The van der Waals surface area contributed by atoms with Crippen LogP contribution in [-0.2, 0) is 11.0 Å². The zero-order valence-electron chi connectivity index (χ0n) is 10.4. The Bertz CT molecular complexity index is 475. The third kappa shape index (κ3) is 4.12. The highest BCUT2D eigenvalue weighted by molar-refractivity contribution is 9.10. The molecule has 0 spiro atoms. The Labute approximate surface area is 117 Å². The number of nitrogens with one attached hydrogen (secondary N) is 1. The van der Waals surface area contributed by atoms with E-state index in [1.165, 1.54) is 6.07 Å². The van der Waals surface area contributed by atoms with Gasteiger partial charge in [0.15, 0.2) is 0 Å². The number of benzene rings is 1. The minimum atomic E-state index is -4.40. The molecular formula is C12H14BrF3N2O. The van der Waals surface area contributed by atoms with Crippen molar-refractivity contribution in [1.29, 1.82) is 0 Å². The number of carbonyl (C=O) groups is 1. The maximum absolute atomic E-state index is 12.5. The van der Waals surface area contributed by atoms with Crippen LogP contribution < -0.4 is 11.1 Å². The lowest BCUT2D eigenvalue weighted by molar-refractivity contribution is -0.137. The van der Waals surface area contributed by atoms with E-state index in [4.69, 9.17) is 5.73 Å². The third-order valence-electron chi connectivity index (χ3n) is 2.58. The van der Waals surface area contributed by atoms with Gasteiger partial charge in [-0.2, -0.15) is 13.2 Å². The van der Waals surface area contributed by atoms with Crippen LogP contribution in [0.15, 0.2) is 22.7 Å². The molecule has 0 aliphatic rings. The van der Waals surface area contributed by atoms with Gasteiger partial charge >= 0.3 is 6.18 Å². The maximum atomic E-state index is 12.5. The smallest absolute Gasteiger partial charge is 0.373 e. The van der Waals surface area contributed by atoms with Crippen LogP contribution in [-0.4, -0.2) is 11.9 Å². The van der Waals surface area contributed by atoms with Crippen molar-refractivity contribution in [1.82, 2.24) is 0 Å². The number of carbonyl (C=O) groups excluding carboxylic acids is 1. The summed E-state index contributed by atoms with van der Waals surface area (Å²) in [6.45, 7) is 3.58. The van der Waals surface area contributed by atoms with Crippen LogP contribution >= 0.6 is 15.9 Å². The summed E-state index contributed by atoms with van der Waals surface area (Å²) in [6, 6.07) is 2.53. The molecule has 3 N–H and O–H groups in total. The van der Waals surface area contributed by atoms with Gasteiger partial charge in [0.25, 0.3) is 0 Å². The molecule has 19 heavy (non-hydrogen) atoms. The molecule has 0 heterocycles. The second-order valence-electron chi connectivity index (χ2n) is 4.46. The van der Waals surface area contributed by atoms with Gasteiger partial charge in [-0.1, -0.05) is 13.8 Å². The lowest BCUT2D eigenvalue weighted by Gasteiger charge is -2.21. The number of anilines is 1. The van der Waals surface area contributed by atoms with Gasteiger partial charge < -0.3 is 11.1 Å². The minimum Gasteiger partial charge on any atom is -0.373 e. The lowest BCUT2D eigenvalue weighted by Crippen LogP contribution is -2.39. The zero-order chi connectivity index (χ0) is 14.8. The Balaban J connectivity index is 3.00. The Hall–Kier alpha value is -1.24. The first-order valence-corrected chi connectivity index (χ1v) is 6.35. The van der Waals surface area contributed by atoms with Crippen LogP contribution in [0, 0.1) is 5.92 Å². The molecule has 0 saturated heterocycles. The van der Waals surface area contributed by atoms with Gasteiger partial charge in [0.05, 0.1) is 5.56 Å². The molecular weight excluding hydrogens is 325 g/mol. The fourth-order valence-corrected chi connectivity index (χ4v) is 2.04. The number of hydrogen-bond acceptors (Lipinski definition) is 2. The summed E-state index contributed by atoms with van der Waals surface area (Å²) in [5, 5.41) is 2.84. The average Bonchev–Trinajstić information content (AvgIpc) is 2.24. The van der Waals surface area contributed by atoms with Crippen molar-refractivity contribution in [3.05, 3.63) is 28.2 Å². The van der Waals surface area contributed by atoms with Gasteiger partial charge in [-0.3, -0.25) is 4.79 Å². The van der Waals surface area contributed by atoms with E-state index in [1.54, 1.807) is 13.8 Å². The normalized spacial score (nSPS) is 13.4. The first kappa shape index (κ1) is 15.8. The van der Waals surface area contributed by atoms with Gasteiger partial charge in [-0.25, -0.2) is 0 Å².